The number of ether oxygens (including phenoxy) is 1. The molecule has 0 aromatic carbocycles. The van der Waals surface area contributed by atoms with E-state index in [1.165, 1.54) is 0 Å². The van der Waals surface area contributed by atoms with Crippen molar-refractivity contribution in [2.45, 2.75) is 18.9 Å². The summed E-state index contributed by atoms with van der Waals surface area (Å²) < 4.78 is 7.10. The highest BCUT2D eigenvalue weighted by atomic mass is 35.5. The van der Waals surface area contributed by atoms with Crippen molar-refractivity contribution in [1.82, 2.24) is 14.6 Å². The van der Waals surface area contributed by atoms with Crippen molar-refractivity contribution in [2.75, 3.05) is 18.5 Å². The van der Waals surface area contributed by atoms with Crippen LogP contribution < -0.4 is 5.32 Å². The lowest BCUT2D eigenvalue weighted by Crippen LogP contribution is -2.28. The van der Waals surface area contributed by atoms with Gasteiger partial charge < -0.3 is 10.1 Å². The van der Waals surface area contributed by atoms with Crippen LogP contribution >= 0.6 is 11.6 Å². The predicted octanol–water partition coefficient (Wildman–Crippen LogP) is 1.97. The average Bonchev–Trinajstić information content (AvgIpc) is 2.78. The molecule has 1 N–H and O–H groups in total. The van der Waals surface area contributed by atoms with Crippen LogP contribution in [0.1, 0.15) is 12.8 Å². The number of hydrogen-bond acceptors (Lipinski definition) is 4. The van der Waals surface area contributed by atoms with Crippen LogP contribution in [0.4, 0.5) is 5.82 Å². The fourth-order valence-electron chi connectivity index (χ4n) is 2.04. The summed E-state index contributed by atoms with van der Waals surface area (Å²) in [6, 6.07) is 4.05. The lowest BCUT2D eigenvalue weighted by molar-refractivity contribution is 0.0903. The van der Waals surface area contributed by atoms with E-state index in [4.69, 9.17) is 16.3 Å². The maximum absolute atomic E-state index is 5.98. The topological polar surface area (TPSA) is 51.5 Å². The smallest absolute Gasteiger partial charge is 0.159 e. The zero-order chi connectivity index (χ0) is 11.7. The summed E-state index contributed by atoms with van der Waals surface area (Å²) in [5.74, 6) is 0.886. The molecule has 0 bridgehead atoms. The second kappa shape index (κ2) is 4.50. The van der Waals surface area contributed by atoms with Gasteiger partial charge in [0, 0.05) is 31.4 Å². The number of nitrogens with zero attached hydrogens (tertiary/aromatic N) is 3. The Morgan fingerprint density at radius 3 is 3.06 bits per heavy atom. The first-order chi connectivity index (χ1) is 8.33. The summed E-state index contributed by atoms with van der Waals surface area (Å²) in [6.07, 6.45) is 3.72. The maximum atomic E-state index is 5.98. The summed E-state index contributed by atoms with van der Waals surface area (Å²) >= 11 is 5.98. The molecule has 1 saturated heterocycles. The Balaban J connectivity index is 1.90. The minimum atomic E-state index is 0.412. The molecule has 0 saturated carbocycles. The molecule has 2 aromatic heterocycles. The normalized spacial score (nSPS) is 17.5. The molecular formula is C11H13ClN4O. The van der Waals surface area contributed by atoms with Gasteiger partial charge in [-0.15, -0.1) is 0 Å². The number of fused-ring (bicyclic) bond motifs is 1. The van der Waals surface area contributed by atoms with E-state index >= 15 is 0 Å². The zero-order valence-corrected chi connectivity index (χ0v) is 10.0. The molecule has 0 amide bonds. The van der Waals surface area contributed by atoms with Gasteiger partial charge >= 0.3 is 0 Å². The van der Waals surface area contributed by atoms with E-state index in [1.54, 1.807) is 16.8 Å². The van der Waals surface area contributed by atoms with Crippen LogP contribution in [-0.4, -0.2) is 33.9 Å². The second-order valence-corrected chi connectivity index (χ2v) is 4.48. The van der Waals surface area contributed by atoms with E-state index in [-0.39, 0.29) is 0 Å². The van der Waals surface area contributed by atoms with Gasteiger partial charge in [-0.05, 0) is 12.8 Å². The SMILES string of the molecule is Clc1cc(NC2CCOCC2)n2nccc2n1. The van der Waals surface area contributed by atoms with Crippen LogP contribution in [0.3, 0.4) is 0 Å². The molecular weight excluding hydrogens is 240 g/mol. The minimum absolute atomic E-state index is 0.412. The van der Waals surface area contributed by atoms with Crippen molar-refractivity contribution in [2.24, 2.45) is 0 Å². The van der Waals surface area contributed by atoms with E-state index < -0.39 is 0 Å². The monoisotopic (exact) mass is 252 g/mol. The van der Waals surface area contributed by atoms with Crippen molar-refractivity contribution in [1.29, 1.82) is 0 Å². The molecule has 1 aliphatic rings. The average molecular weight is 253 g/mol. The lowest BCUT2D eigenvalue weighted by atomic mass is 10.1. The molecule has 3 heterocycles. The lowest BCUT2D eigenvalue weighted by Gasteiger charge is -2.24. The van der Waals surface area contributed by atoms with Gasteiger partial charge in [0.05, 0.1) is 6.20 Å². The highest BCUT2D eigenvalue weighted by Gasteiger charge is 2.15. The standard InChI is InChI=1S/C11H13ClN4O/c12-9-7-11(14-8-2-5-17-6-3-8)16-10(15-9)1-4-13-16/h1,4,7-8,14H,2-3,5-6H2. The number of nitrogens with one attached hydrogen (secondary N) is 1. The highest BCUT2D eigenvalue weighted by Crippen LogP contribution is 2.19. The first-order valence-electron chi connectivity index (χ1n) is 5.67. The van der Waals surface area contributed by atoms with Gasteiger partial charge in [0.1, 0.15) is 11.0 Å². The molecule has 17 heavy (non-hydrogen) atoms. The van der Waals surface area contributed by atoms with Crippen molar-refractivity contribution < 1.29 is 4.74 Å². The van der Waals surface area contributed by atoms with Crippen molar-refractivity contribution >= 4 is 23.1 Å². The van der Waals surface area contributed by atoms with E-state index in [9.17, 15) is 0 Å². The van der Waals surface area contributed by atoms with Gasteiger partial charge in [-0.3, -0.25) is 0 Å². The molecule has 5 nitrogen and oxygen atoms in total. The molecule has 2 aromatic rings. The molecule has 1 aliphatic heterocycles. The first kappa shape index (κ1) is 10.8. The number of aromatic nitrogens is 3. The van der Waals surface area contributed by atoms with Crippen LogP contribution in [0.15, 0.2) is 18.3 Å². The molecule has 3 rings (SSSR count). The Bertz CT molecular complexity index is 521. The van der Waals surface area contributed by atoms with Crippen molar-refractivity contribution in [3.05, 3.63) is 23.5 Å². The Kier molecular flexibility index (Phi) is 2.86. The number of anilines is 1. The molecule has 0 atom stereocenters. The van der Waals surface area contributed by atoms with Crippen LogP contribution in [0.5, 0.6) is 0 Å². The van der Waals surface area contributed by atoms with E-state index in [2.05, 4.69) is 15.4 Å². The molecule has 6 heteroatoms. The summed E-state index contributed by atoms with van der Waals surface area (Å²) in [7, 11) is 0. The van der Waals surface area contributed by atoms with E-state index in [0.29, 0.717) is 11.2 Å². The first-order valence-corrected chi connectivity index (χ1v) is 6.05. The molecule has 0 aliphatic carbocycles. The van der Waals surface area contributed by atoms with Crippen LogP contribution in [-0.2, 0) is 4.74 Å². The number of rotatable bonds is 2. The molecule has 0 radical (unpaired) electrons. The van der Waals surface area contributed by atoms with Gasteiger partial charge in [0.15, 0.2) is 5.65 Å². The Labute approximate surface area is 104 Å². The largest absolute Gasteiger partial charge is 0.381 e. The summed E-state index contributed by atoms with van der Waals surface area (Å²) in [5.41, 5.74) is 0.757. The van der Waals surface area contributed by atoms with Crippen LogP contribution in [0.25, 0.3) is 5.65 Å². The van der Waals surface area contributed by atoms with Crippen LogP contribution in [0.2, 0.25) is 5.15 Å². The number of hydrogen-bond donors (Lipinski definition) is 1. The van der Waals surface area contributed by atoms with Gasteiger partial charge in [-0.25, -0.2) is 4.98 Å². The quantitative estimate of drug-likeness (QED) is 0.831. The Morgan fingerprint density at radius 1 is 1.41 bits per heavy atom. The summed E-state index contributed by atoms with van der Waals surface area (Å²) in [5, 5.41) is 8.15. The van der Waals surface area contributed by atoms with Crippen LogP contribution in [0, 0.1) is 0 Å². The maximum Gasteiger partial charge on any atom is 0.159 e. The second-order valence-electron chi connectivity index (χ2n) is 4.10. The predicted molar refractivity (Wildman–Crippen MR) is 65.5 cm³/mol. The third-order valence-corrected chi connectivity index (χ3v) is 3.10. The Morgan fingerprint density at radius 2 is 2.24 bits per heavy atom. The van der Waals surface area contributed by atoms with Gasteiger partial charge in [0.2, 0.25) is 0 Å². The van der Waals surface area contributed by atoms with Gasteiger partial charge in [-0.1, -0.05) is 11.6 Å². The Hall–Kier alpha value is -1.33. The number of halogens is 1. The molecule has 1 fully saturated rings. The fourth-order valence-corrected chi connectivity index (χ4v) is 2.23. The fraction of sp³-hybridized carbons (Fsp3) is 0.455. The molecule has 0 unspecified atom stereocenters. The van der Waals surface area contributed by atoms with Gasteiger partial charge in [0.25, 0.3) is 0 Å². The third kappa shape index (κ3) is 2.21. The third-order valence-electron chi connectivity index (χ3n) is 2.90. The van der Waals surface area contributed by atoms with Crippen molar-refractivity contribution in [3.8, 4) is 0 Å². The zero-order valence-electron chi connectivity index (χ0n) is 9.27. The van der Waals surface area contributed by atoms with E-state index in [0.717, 1.165) is 37.5 Å². The summed E-state index contributed by atoms with van der Waals surface area (Å²) in [6.45, 7) is 1.61. The van der Waals surface area contributed by atoms with E-state index in [1.807, 2.05) is 6.07 Å². The summed E-state index contributed by atoms with van der Waals surface area (Å²) in [4.78, 5) is 4.19. The molecule has 0 spiro atoms. The van der Waals surface area contributed by atoms with Crippen molar-refractivity contribution in [3.63, 3.8) is 0 Å². The highest BCUT2D eigenvalue weighted by molar-refractivity contribution is 6.29. The van der Waals surface area contributed by atoms with Gasteiger partial charge in [-0.2, -0.15) is 9.61 Å². The minimum Gasteiger partial charge on any atom is -0.381 e. The molecule has 90 valence electrons.